The number of hydrogen-bond donors (Lipinski definition) is 3. The average molecular weight is 364 g/mol. The van der Waals surface area contributed by atoms with Gasteiger partial charge < -0.3 is 19.9 Å². The summed E-state index contributed by atoms with van der Waals surface area (Å²) in [5, 5.41) is 11.9. The predicted molar refractivity (Wildman–Crippen MR) is 108 cm³/mol. The monoisotopic (exact) mass is 364 g/mol. The number of H-pyrrole nitrogens is 1. The molecule has 0 radical (unpaired) electrons. The first-order valence-electron chi connectivity index (χ1n) is 9.10. The van der Waals surface area contributed by atoms with Gasteiger partial charge in [-0.25, -0.2) is 9.97 Å². The maximum atomic E-state index is 9.25. The van der Waals surface area contributed by atoms with Gasteiger partial charge in [-0.15, -0.1) is 0 Å². The summed E-state index contributed by atoms with van der Waals surface area (Å²) in [6.07, 6.45) is 0.750. The van der Waals surface area contributed by atoms with Crippen LogP contribution in [0.5, 0.6) is 0 Å². The van der Waals surface area contributed by atoms with E-state index in [0.29, 0.717) is 5.95 Å². The van der Waals surface area contributed by atoms with Crippen molar-refractivity contribution in [1.82, 2.24) is 19.9 Å². The molecule has 0 atom stereocenters. The maximum absolute atomic E-state index is 9.25. The molecule has 0 saturated carbocycles. The van der Waals surface area contributed by atoms with Gasteiger partial charge in [-0.3, -0.25) is 5.32 Å². The Hall–Kier alpha value is -3.06. The molecule has 3 N–H and O–H groups in total. The van der Waals surface area contributed by atoms with E-state index < -0.39 is 0 Å². The largest absolute Gasteiger partial charge is 0.495 e. The van der Waals surface area contributed by atoms with E-state index in [0.717, 1.165) is 60.7 Å². The van der Waals surface area contributed by atoms with E-state index in [4.69, 9.17) is 4.98 Å². The van der Waals surface area contributed by atoms with Crippen LogP contribution in [0.15, 0.2) is 48.9 Å². The SMILES string of the molecule is C=C(O)Nc1nc2cc(Cc3cccc(N4CCN(C)CC4)n3)ccc2[nH]1. The molecule has 140 valence electrons. The Bertz CT molecular complexity index is 958. The van der Waals surface area contributed by atoms with Gasteiger partial charge in [0.25, 0.3) is 0 Å². The Labute approximate surface area is 158 Å². The number of anilines is 2. The fourth-order valence-corrected chi connectivity index (χ4v) is 3.34. The lowest BCUT2D eigenvalue weighted by atomic mass is 10.1. The second-order valence-electron chi connectivity index (χ2n) is 6.96. The van der Waals surface area contributed by atoms with Crippen molar-refractivity contribution >= 4 is 22.8 Å². The Balaban J connectivity index is 1.51. The van der Waals surface area contributed by atoms with Crippen molar-refractivity contribution in [1.29, 1.82) is 0 Å². The van der Waals surface area contributed by atoms with Crippen molar-refractivity contribution in [3.05, 3.63) is 60.1 Å². The Kier molecular flexibility index (Phi) is 4.68. The van der Waals surface area contributed by atoms with Crippen molar-refractivity contribution < 1.29 is 5.11 Å². The second kappa shape index (κ2) is 7.28. The van der Waals surface area contributed by atoms with Gasteiger partial charge in [0.05, 0.1) is 11.0 Å². The quantitative estimate of drug-likeness (QED) is 0.604. The molecule has 0 aliphatic carbocycles. The van der Waals surface area contributed by atoms with E-state index in [1.165, 1.54) is 0 Å². The van der Waals surface area contributed by atoms with Gasteiger partial charge in [-0.05, 0) is 43.5 Å². The molecule has 1 aliphatic rings. The van der Waals surface area contributed by atoms with Crippen LogP contribution >= 0.6 is 0 Å². The fourth-order valence-electron chi connectivity index (χ4n) is 3.34. The number of nitrogens with zero attached hydrogens (tertiary/aromatic N) is 4. The number of hydrogen-bond acceptors (Lipinski definition) is 6. The number of piperazine rings is 1. The molecule has 7 heteroatoms. The third-order valence-corrected chi connectivity index (χ3v) is 4.81. The Morgan fingerprint density at radius 1 is 1.19 bits per heavy atom. The van der Waals surface area contributed by atoms with Crippen LogP contribution in [0, 0.1) is 0 Å². The van der Waals surface area contributed by atoms with Gasteiger partial charge in [-0.2, -0.15) is 0 Å². The number of benzene rings is 1. The molecule has 2 aromatic heterocycles. The molecule has 0 unspecified atom stereocenters. The van der Waals surface area contributed by atoms with Crippen LogP contribution in [0.3, 0.4) is 0 Å². The van der Waals surface area contributed by atoms with E-state index in [1.807, 2.05) is 12.1 Å². The zero-order valence-electron chi connectivity index (χ0n) is 15.4. The molecule has 3 aromatic rings. The number of fused-ring (bicyclic) bond motifs is 1. The first-order chi connectivity index (χ1) is 13.1. The van der Waals surface area contributed by atoms with Gasteiger partial charge in [-0.1, -0.05) is 12.1 Å². The molecule has 27 heavy (non-hydrogen) atoms. The molecule has 0 bridgehead atoms. The van der Waals surface area contributed by atoms with Crippen molar-refractivity contribution in [3.8, 4) is 0 Å². The first-order valence-corrected chi connectivity index (χ1v) is 9.10. The highest BCUT2D eigenvalue weighted by Crippen LogP contribution is 2.20. The summed E-state index contributed by atoms with van der Waals surface area (Å²) in [7, 11) is 2.16. The smallest absolute Gasteiger partial charge is 0.208 e. The van der Waals surface area contributed by atoms with Gasteiger partial charge in [0.2, 0.25) is 5.95 Å². The summed E-state index contributed by atoms with van der Waals surface area (Å²) in [6, 6.07) is 12.3. The summed E-state index contributed by atoms with van der Waals surface area (Å²) in [6.45, 7) is 7.57. The molecular weight excluding hydrogens is 340 g/mol. The number of nitrogens with one attached hydrogen (secondary N) is 2. The number of imidazole rings is 1. The number of aliphatic hydroxyl groups excluding tert-OH is 1. The molecule has 7 nitrogen and oxygen atoms in total. The molecule has 0 spiro atoms. The van der Waals surface area contributed by atoms with Crippen LogP contribution in [0.2, 0.25) is 0 Å². The van der Waals surface area contributed by atoms with Gasteiger partial charge in [0, 0.05) is 38.3 Å². The highest BCUT2D eigenvalue weighted by atomic mass is 16.3. The lowest BCUT2D eigenvalue weighted by molar-refractivity contribution is 0.312. The lowest BCUT2D eigenvalue weighted by Crippen LogP contribution is -2.44. The van der Waals surface area contributed by atoms with Crippen LogP contribution in [-0.4, -0.2) is 58.2 Å². The summed E-state index contributed by atoms with van der Waals surface area (Å²) < 4.78 is 0. The second-order valence-corrected chi connectivity index (χ2v) is 6.96. The number of aromatic nitrogens is 3. The zero-order chi connectivity index (χ0) is 18.8. The van der Waals surface area contributed by atoms with E-state index in [1.54, 1.807) is 0 Å². The minimum Gasteiger partial charge on any atom is -0.495 e. The topological polar surface area (TPSA) is 80.3 Å². The number of pyridine rings is 1. The molecule has 1 aliphatic heterocycles. The normalized spacial score (nSPS) is 15.2. The van der Waals surface area contributed by atoms with Crippen molar-refractivity contribution in [2.75, 3.05) is 43.4 Å². The maximum Gasteiger partial charge on any atom is 0.208 e. The molecule has 1 fully saturated rings. The van der Waals surface area contributed by atoms with Crippen LogP contribution in [0.1, 0.15) is 11.3 Å². The van der Waals surface area contributed by atoms with Crippen molar-refractivity contribution in [2.45, 2.75) is 6.42 Å². The molecular formula is C20H24N6O. The molecule has 3 heterocycles. The third kappa shape index (κ3) is 4.03. The van der Waals surface area contributed by atoms with E-state index in [2.05, 4.69) is 63.0 Å². The number of aromatic amines is 1. The lowest BCUT2D eigenvalue weighted by Gasteiger charge is -2.33. The van der Waals surface area contributed by atoms with Gasteiger partial charge in [0.15, 0.2) is 5.88 Å². The van der Waals surface area contributed by atoms with Crippen LogP contribution in [-0.2, 0) is 6.42 Å². The average Bonchev–Trinajstić information content (AvgIpc) is 3.03. The highest BCUT2D eigenvalue weighted by Gasteiger charge is 2.15. The Morgan fingerprint density at radius 3 is 2.78 bits per heavy atom. The summed E-state index contributed by atoms with van der Waals surface area (Å²) in [5.41, 5.74) is 3.93. The van der Waals surface area contributed by atoms with Crippen molar-refractivity contribution in [3.63, 3.8) is 0 Å². The van der Waals surface area contributed by atoms with E-state index in [-0.39, 0.29) is 5.88 Å². The number of likely N-dealkylation sites (N-methyl/N-ethyl adjacent to an activating group) is 1. The van der Waals surface area contributed by atoms with E-state index >= 15 is 0 Å². The number of rotatable bonds is 5. The molecule has 1 saturated heterocycles. The van der Waals surface area contributed by atoms with Crippen LogP contribution in [0.25, 0.3) is 11.0 Å². The molecule has 1 aromatic carbocycles. The van der Waals surface area contributed by atoms with Gasteiger partial charge >= 0.3 is 0 Å². The van der Waals surface area contributed by atoms with Gasteiger partial charge in [0.1, 0.15) is 5.82 Å². The predicted octanol–water partition coefficient (Wildman–Crippen LogP) is 2.74. The summed E-state index contributed by atoms with van der Waals surface area (Å²) >= 11 is 0. The van der Waals surface area contributed by atoms with E-state index in [9.17, 15) is 5.11 Å². The van der Waals surface area contributed by atoms with Crippen LogP contribution in [0.4, 0.5) is 11.8 Å². The summed E-state index contributed by atoms with van der Waals surface area (Å²) in [5.74, 6) is 1.39. The fraction of sp³-hybridized carbons (Fsp3) is 0.300. The Morgan fingerprint density at radius 2 is 2.00 bits per heavy atom. The first kappa shape index (κ1) is 17.4. The van der Waals surface area contributed by atoms with Crippen molar-refractivity contribution in [2.24, 2.45) is 0 Å². The highest BCUT2D eigenvalue weighted by molar-refractivity contribution is 5.78. The molecule has 0 amide bonds. The standard InChI is InChI=1S/C20H24N6O/c1-14(27)21-20-23-17-7-6-15(13-18(17)24-20)12-16-4-3-5-19(22-16)26-10-8-25(2)9-11-26/h3-7,13,27H,1,8-12H2,2H3,(H2,21,23,24). The minimum atomic E-state index is -0.140. The minimum absolute atomic E-state index is 0.140. The summed E-state index contributed by atoms with van der Waals surface area (Å²) in [4.78, 5) is 17.1. The third-order valence-electron chi connectivity index (χ3n) is 4.81. The zero-order valence-corrected chi connectivity index (χ0v) is 15.4. The number of aliphatic hydroxyl groups is 1. The van der Waals surface area contributed by atoms with Crippen LogP contribution < -0.4 is 10.2 Å². The molecule has 4 rings (SSSR count).